The SMILES string of the molecule is CNCc1nc(-n2cc(Cl)cn2)ccc1Cl. The summed E-state index contributed by atoms with van der Waals surface area (Å²) >= 11 is 11.8. The lowest BCUT2D eigenvalue weighted by Gasteiger charge is -2.05. The number of hydrogen-bond donors (Lipinski definition) is 1. The summed E-state index contributed by atoms with van der Waals surface area (Å²) in [6.45, 7) is 0.613. The van der Waals surface area contributed by atoms with Gasteiger partial charge < -0.3 is 5.32 Å². The van der Waals surface area contributed by atoms with E-state index in [9.17, 15) is 0 Å². The van der Waals surface area contributed by atoms with Gasteiger partial charge in [-0.1, -0.05) is 23.2 Å². The second-order valence-corrected chi connectivity index (χ2v) is 4.08. The molecule has 6 heteroatoms. The van der Waals surface area contributed by atoms with Crippen molar-refractivity contribution in [2.75, 3.05) is 7.05 Å². The fourth-order valence-corrected chi connectivity index (χ4v) is 1.63. The first-order chi connectivity index (χ1) is 7.70. The highest BCUT2D eigenvalue weighted by Crippen LogP contribution is 2.17. The molecule has 0 saturated heterocycles. The van der Waals surface area contributed by atoms with Crippen LogP contribution in [0.5, 0.6) is 0 Å². The fourth-order valence-electron chi connectivity index (χ4n) is 1.32. The fraction of sp³-hybridized carbons (Fsp3) is 0.200. The quantitative estimate of drug-likeness (QED) is 0.917. The second-order valence-electron chi connectivity index (χ2n) is 3.23. The molecule has 0 radical (unpaired) electrons. The lowest BCUT2D eigenvalue weighted by Crippen LogP contribution is -2.09. The Balaban J connectivity index is 2.39. The van der Waals surface area contributed by atoms with Gasteiger partial charge in [-0.05, 0) is 19.2 Å². The largest absolute Gasteiger partial charge is 0.314 e. The van der Waals surface area contributed by atoms with E-state index in [1.54, 1.807) is 29.2 Å². The molecule has 0 unspecified atom stereocenters. The highest BCUT2D eigenvalue weighted by molar-refractivity contribution is 6.31. The topological polar surface area (TPSA) is 42.7 Å². The molecule has 2 heterocycles. The molecule has 0 amide bonds. The number of hydrogen-bond acceptors (Lipinski definition) is 3. The number of halogens is 2. The third kappa shape index (κ3) is 2.35. The van der Waals surface area contributed by atoms with E-state index in [4.69, 9.17) is 23.2 Å². The summed E-state index contributed by atoms with van der Waals surface area (Å²) in [5.74, 6) is 0.696. The maximum atomic E-state index is 6.01. The predicted octanol–water partition coefficient (Wildman–Crippen LogP) is 2.29. The standard InChI is InChI=1S/C10H10Cl2N4/c1-13-5-9-8(12)2-3-10(15-9)16-6-7(11)4-14-16/h2-4,6,13H,5H2,1H3. The van der Waals surface area contributed by atoms with Crippen LogP contribution in [0.4, 0.5) is 0 Å². The van der Waals surface area contributed by atoms with Gasteiger partial charge in [-0.15, -0.1) is 0 Å². The van der Waals surface area contributed by atoms with Crippen LogP contribution in [-0.4, -0.2) is 21.8 Å². The van der Waals surface area contributed by atoms with Crippen LogP contribution in [0.25, 0.3) is 5.82 Å². The minimum atomic E-state index is 0.576. The molecule has 0 aromatic carbocycles. The van der Waals surface area contributed by atoms with Crippen LogP contribution in [0.2, 0.25) is 10.0 Å². The summed E-state index contributed by atoms with van der Waals surface area (Å²) in [6.07, 6.45) is 3.26. The smallest absolute Gasteiger partial charge is 0.153 e. The Morgan fingerprint density at radius 2 is 2.19 bits per heavy atom. The normalized spacial score (nSPS) is 10.7. The van der Waals surface area contributed by atoms with Crippen LogP contribution in [0, 0.1) is 0 Å². The zero-order valence-corrected chi connectivity index (χ0v) is 10.1. The Hall–Kier alpha value is -1.10. The lowest BCUT2D eigenvalue weighted by atomic mass is 10.3. The Kier molecular flexibility index (Phi) is 3.43. The molecule has 2 rings (SSSR count). The molecule has 0 fully saturated rings. The van der Waals surface area contributed by atoms with E-state index in [-0.39, 0.29) is 0 Å². The van der Waals surface area contributed by atoms with Crippen molar-refractivity contribution in [2.24, 2.45) is 0 Å². The van der Waals surface area contributed by atoms with Crippen molar-refractivity contribution < 1.29 is 0 Å². The van der Waals surface area contributed by atoms with Crippen LogP contribution in [-0.2, 0) is 6.54 Å². The summed E-state index contributed by atoms with van der Waals surface area (Å²) in [6, 6.07) is 3.59. The van der Waals surface area contributed by atoms with E-state index in [0.717, 1.165) is 5.69 Å². The Morgan fingerprint density at radius 3 is 2.81 bits per heavy atom. The molecule has 16 heavy (non-hydrogen) atoms. The van der Waals surface area contributed by atoms with Gasteiger partial charge in [0, 0.05) is 6.54 Å². The van der Waals surface area contributed by atoms with E-state index in [1.807, 2.05) is 7.05 Å². The van der Waals surface area contributed by atoms with Gasteiger partial charge in [0.25, 0.3) is 0 Å². The molecule has 2 aromatic heterocycles. The third-order valence-electron chi connectivity index (χ3n) is 2.03. The molecule has 0 atom stereocenters. The van der Waals surface area contributed by atoms with Crippen LogP contribution in [0.15, 0.2) is 24.5 Å². The van der Waals surface area contributed by atoms with Gasteiger partial charge >= 0.3 is 0 Å². The van der Waals surface area contributed by atoms with Gasteiger partial charge in [0.05, 0.1) is 28.1 Å². The Labute approximate surface area is 103 Å². The van der Waals surface area contributed by atoms with E-state index in [1.165, 1.54) is 0 Å². The molecular formula is C10H10Cl2N4. The molecule has 0 spiro atoms. The number of rotatable bonds is 3. The minimum absolute atomic E-state index is 0.576. The number of pyridine rings is 1. The van der Waals surface area contributed by atoms with E-state index >= 15 is 0 Å². The molecule has 0 saturated carbocycles. The average Bonchev–Trinajstić information content (AvgIpc) is 2.69. The molecular weight excluding hydrogens is 247 g/mol. The van der Waals surface area contributed by atoms with Crippen molar-refractivity contribution >= 4 is 23.2 Å². The molecule has 0 bridgehead atoms. The number of nitrogens with one attached hydrogen (secondary N) is 1. The van der Waals surface area contributed by atoms with Crippen LogP contribution in [0.3, 0.4) is 0 Å². The zero-order chi connectivity index (χ0) is 11.5. The second kappa shape index (κ2) is 4.82. The van der Waals surface area contributed by atoms with Crippen molar-refractivity contribution in [1.82, 2.24) is 20.1 Å². The minimum Gasteiger partial charge on any atom is -0.314 e. The first-order valence-electron chi connectivity index (χ1n) is 4.71. The van der Waals surface area contributed by atoms with Gasteiger partial charge in [-0.3, -0.25) is 0 Å². The lowest BCUT2D eigenvalue weighted by molar-refractivity contribution is 0.770. The van der Waals surface area contributed by atoms with Gasteiger partial charge in [0.15, 0.2) is 5.82 Å². The molecule has 0 aliphatic rings. The average molecular weight is 257 g/mol. The van der Waals surface area contributed by atoms with Gasteiger partial charge in [-0.25, -0.2) is 9.67 Å². The molecule has 2 aromatic rings. The van der Waals surface area contributed by atoms with Crippen LogP contribution >= 0.6 is 23.2 Å². The first kappa shape index (κ1) is 11.4. The van der Waals surface area contributed by atoms with E-state index in [0.29, 0.717) is 22.4 Å². The maximum Gasteiger partial charge on any atom is 0.153 e. The first-order valence-corrected chi connectivity index (χ1v) is 5.47. The number of aromatic nitrogens is 3. The third-order valence-corrected chi connectivity index (χ3v) is 2.57. The van der Waals surface area contributed by atoms with E-state index in [2.05, 4.69) is 15.4 Å². The molecule has 4 nitrogen and oxygen atoms in total. The number of nitrogens with zero attached hydrogens (tertiary/aromatic N) is 3. The van der Waals surface area contributed by atoms with Gasteiger partial charge in [0.1, 0.15) is 0 Å². The van der Waals surface area contributed by atoms with Crippen LogP contribution < -0.4 is 5.32 Å². The summed E-state index contributed by atoms with van der Waals surface area (Å²) in [5.41, 5.74) is 0.785. The summed E-state index contributed by atoms with van der Waals surface area (Å²) in [5, 5.41) is 8.29. The monoisotopic (exact) mass is 256 g/mol. The molecule has 0 aliphatic carbocycles. The van der Waals surface area contributed by atoms with Crippen molar-refractivity contribution in [3.05, 3.63) is 40.3 Å². The van der Waals surface area contributed by atoms with Gasteiger partial charge in [-0.2, -0.15) is 5.10 Å². The van der Waals surface area contributed by atoms with Crippen molar-refractivity contribution in [2.45, 2.75) is 6.54 Å². The van der Waals surface area contributed by atoms with Crippen molar-refractivity contribution in [3.63, 3.8) is 0 Å². The van der Waals surface area contributed by atoms with Crippen molar-refractivity contribution in [3.8, 4) is 5.82 Å². The van der Waals surface area contributed by atoms with Crippen molar-refractivity contribution in [1.29, 1.82) is 0 Å². The summed E-state index contributed by atoms with van der Waals surface area (Å²) in [4.78, 5) is 4.39. The highest BCUT2D eigenvalue weighted by Gasteiger charge is 2.05. The predicted molar refractivity (Wildman–Crippen MR) is 64.1 cm³/mol. The van der Waals surface area contributed by atoms with E-state index < -0.39 is 0 Å². The Morgan fingerprint density at radius 1 is 1.38 bits per heavy atom. The van der Waals surface area contributed by atoms with Crippen LogP contribution in [0.1, 0.15) is 5.69 Å². The maximum absolute atomic E-state index is 6.01. The Bertz CT molecular complexity index is 495. The summed E-state index contributed by atoms with van der Waals surface area (Å²) in [7, 11) is 1.84. The zero-order valence-electron chi connectivity index (χ0n) is 8.61. The molecule has 0 aliphatic heterocycles. The molecule has 1 N–H and O–H groups in total. The highest BCUT2D eigenvalue weighted by atomic mass is 35.5. The summed E-state index contributed by atoms with van der Waals surface area (Å²) < 4.78 is 1.61. The molecule has 84 valence electrons. The van der Waals surface area contributed by atoms with Gasteiger partial charge in [0.2, 0.25) is 0 Å².